The average molecular weight is 575 g/mol. The summed E-state index contributed by atoms with van der Waals surface area (Å²) in [5, 5.41) is 34.5. The van der Waals surface area contributed by atoms with Crippen LogP contribution in [0.25, 0.3) is 5.69 Å². The predicted octanol–water partition coefficient (Wildman–Crippen LogP) is 3.22. The van der Waals surface area contributed by atoms with Gasteiger partial charge in [0, 0.05) is 30.4 Å². The molecular weight excluding hydrogens is 540 g/mol. The second-order valence-electron chi connectivity index (χ2n) is 10.4. The van der Waals surface area contributed by atoms with Crippen molar-refractivity contribution in [1.29, 1.82) is 0 Å². The summed E-state index contributed by atoms with van der Waals surface area (Å²) < 4.78 is 1.72. The molecule has 214 valence electrons. The lowest BCUT2D eigenvalue weighted by molar-refractivity contribution is -0.155. The van der Waals surface area contributed by atoms with E-state index in [1.54, 1.807) is 17.8 Å². The van der Waals surface area contributed by atoms with Crippen LogP contribution in [0.2, 0.25) is 0 Å². The maximum atomic E-state index is 13.6. The SMILES string of the molecule is CC(C)Nc1nc([C@H]2c3ccccc3CCN2C(=O)[C@H](O)[C@@H](O)C(=O)N[C@H](C)c2ccc(-n3cccn3)cc2)cs1. The molecule has 0 saturated carbocycles. The second kappa shape index (κ2) is 12.2. The van der Waals surface area contributed by atoms with E-state index in [1.807, 2.05) is 80.0 Å². The first kappa shape index (κ1) is 28.5. The number of nitrogens with one attached hydrogen (secondary N) is 2. The molecule has 0 fully saturated rings. The highest BCUT2D eigenvalue weighted by atomic mass is 32.1. The standard InChI is InChI=1S/C30H34N6O4S/c1-18(2)32-30-34-24(17-41-30)25-23-8-5-4-7-21(23)13-16-35(25)29(40)27(38)26(37)28(39)33-19(3)20-9-11-22(12-10-20)36-15-6-14-31-36/h4-12,14-15,17-19,25-27,37-38H,13,16H2,1-3H3,(H,32,34)(H,33,39)/t19-,25-,26-,27-/m1/s1. The number of thiazole rings is 1. The van der Waals surface area contributed by atoms with Crippen molar-refractivity contribution in [3.63, 3.8) is 0 Å². The highest BCUT2D eigenvalue weighted by Crippen LogP contribution is 2.37. The van der Waals surface area contributed by atoms with E-state index in [0.717, 1.165) is 27.5 Å². The number of rotatable bonds is 9. The Hall–Kier alpha value is -4.06. The van der Waals surface area contributed by atoms with E-state index in [-0.39, 0.29) is 6.04 Å². The lowest BCUT2D eigenvalue weighted by Crippen LogP contribution is -2.53. The zero-order valence-corrected chi connectivity index (χ0v) is 24.0. The van der Waals surface area contributed by atoms with Gasteiger partial charge in [0.05, 0.1) is 17.4 Å². The second-order valence-corrected chi connectivity index (χ2v) is 11.3. The summed E-state index contributed by atoms with van der Waals surface area (Å²) in [6.45, 7) is 6.12. The van der Waals surface area contributed by atoms with Gasteiger partial charge in [-0.1, -0.05) is 36.4 Å². The Morgan fingerprint density at radius 2 is 1.78 bits per heavy atom. The van der Waals surface area contributed by atoms with Crippen LogP contribution in [0.4, 0.5) is 5.13 Å². The van der Waals surface area contributed by atoms with Gasteiger partial charge in [0.15, 0.2) is 17.3 Å². The minimum atomic E-state index is -1.94. The molecule has 0 bridgehead atoms. The van der Waals surface area contributed by atoms with E-state index in [1.165, 1.54) is 16.2 Å². The molecule has 0 unspecified atom stereocenters. The third-order valence-corrected chi connectivity index (χ3v) is 7.91. The zero-order chi connectivity index (χ0) is 29.1. The van der Waals surface area contributed by atoms with Crippen molar-refractivity contribution in [2.24, 2.45) is 0 Å². The van der Waals surface area contributed by atoms with Gasteiger partial charge in [-0.3, -0.25) is 9.59 Å². The Labute approximate surface area is 242 Å². The quantitative estimate of drug-likeness (QED) is 0.241. The maximum Gasteiger partial charge on any atom is 0.255 e. The Balaban J connectivity index is 1.30. The number of carbonyl (C=O) groups excluding carboxylic acids is 2. The third kappa shape index (κ3) is 6.17. The fourth-order valence-electron chi connectivity index (χ4n) is 5.02. The number of benzene rings is 2. The van der Waals surface area contributed by atoms with Crippen LogP contribution >= 0.6 is 11.3 Å². The van der Waals surface area contributed by atoms with Crippen LogP contribution in [-0.2, 0) is 16.0 Å². The van der Waals surface area contributed by atoms with Crippen molar-refractivity contribution < 1.29 is 19.8 Å². The molecule has 1 aliphatic rings. The molecule has 2 amide bonds. The van der Waals surface area contributed by atoms with E-state index in [9.17, 15) is 19.8 Å². The minimum Gasteiger partial charge on any atom is -0.380 e. The summed E-state index contributed by atoms with van der Waals surface area (Å²) in [5.74, 6) is -1.56. The Bertz CT molecular complexity index is 1490. The first-order valence-electron chi connectivity index (χ1n) is 13.6. The molecule has 0 spiro atoms. The van der Waals surface area contributed by atoms with Gasteiger partial charge in [-0.25, -0.2) is 9.67 Å². The Morgan fingerprint density at radius 3 is 2.49 bits per heavy atom. The number of amides is 2. The van der Waals surface area contributed by atoms with E-state index in [0.29, 0.717) is 18.7 Å². The fraction of sp³-hybridized carbons (Fsp3) is 0.333. The molecule has 11 heteroatoms. The van der Waals surface area contributed by atoms with Crippen molar-refractivity contribution in [2.45, 2.75) is 57.5 Å². The number of aliphatic hydroxyl groups is 2. The fourth-order valence-corrected chi connectivity index (χ4v) is 5.89. The van der Waals surface area contributed by atoms with Gasteiger partial charge in [-0.2, -0.15) is 5.10 Å². The number of nitrogens with zero attached hydrogens (tertiary/aromatic N) is 4. The molecule has 4 atom stereocenters. The van der Waals surface area contributed by atoms with E-state index >= 15 is 0 Å². The number of hydrogen-bond donors (Lipinski definition) is 4. The van der Waals surface area contributed by atoms with E-state index in [2.05, 4.69) is 15.7 Å². The van der Waals surface area contributed by atoms with Gasteiger partial charge in [-0.15, -0.1) is 11.3 Å². The molecule has 0 aliphatic carbocycles. The summed E-state index contributed by atoms with van der Waals surface area (Å²) >= 11 is 1.44. The van der Waals surface area contributed by atoms with Gasteiger partial charge in [0.2, 0.25) is 0 Å². The van der Waals surface area contributed by atoms with Crippen LogP contribution in [0.5, 0.6) is 0 Å². The van der Waals surface area contributed by atoms with Gasteiger partial charge in [0.25, 0.3) is 11.8 Å². The number of hydrogen-bond acceptors (Lipinski definition) is 8. The van der Waals surface area contributed by atoms with E-state index in [4.69, 9.17) is 4.98 Å². The Kier molecular flexibility index (Phi) is 8.48. The van der Waals surface area contributed by atoms with Crippen LogP contribution in [-0.4, -0.2) is 66.5 Å². The zero-order valence-electron chi connectivity index (χ0n) is 23.1. The molecule has 41 heavy (non-hydrogen) atoms. The first-order chi connectivity index (χ1) is 19.7. The lowest BCUT2D eigenvalue weighted by atomic mass is 9.90. The molecule has 1 aliphatic heterocycles. The van der Waals surface area contributed by atoms with Crippen LogP contribution < -0.4 is 10.6 Å². The molecule has 2 aromatic heterocycles. The van der Waals surface area contributed by atoms with Gasteiger partial charge in [0.1, 0.15) is 6.04 Å². The highest BCUT2D eigenvalue weighted by molar-refractivity contribution is 7.13. The van der Waals surface area contributed by atoms with Crippen molar-refractivity contribution in [3.05, 3.63) is 94.8 Å². The molecule has 4 aromatic rings. The van der Waals surface area contributed by atoms with E-state index < -0.39 is 36.1 Å². The molecule has 0 radical (unpaired) electrons. The highest BCUT2D eigenvalue weighted by Gasteiger charge is 2.40. The van der Waals surface area contributed by atoms with Crippen molar-refractivity contribution in [3.8, 4) is 5.69 Å². The molecule has 10 nitrogen and oxygen atoms in total. The summed E-state index contributed by atoms with van der Waals surface area (Å²) in [6.07, 6.45) is 0.216. The van der Waals surface area contributed by atoms with Crippen molar-refractivity contribution in [1.82, 2.24) is 25.0 Å². The summed E-state index contributed by atoms with van der Waals surface area (Å²) in [4.78, 5) is 32.8. The summed E-state index contributed by atoms with van der Waals surface area (Å²) in [5.41, 5.74) is 4.32. The number of fused-ring (bicyclic) bond motifs is 1. The predicted molar refractivity (Wildman–Crippen MR) is 157 cm³/mol. The van der Waals surface area contributed by atoms with Crippen molar-refractivity contribution >= 4 is 28.3 Å². The van der Waals surface area contributed by atoms with Crippen LogP contribution in [0.15, 0.2) is 72.4 Å². The monoisotopic (exact) mass is 574 g/mol. The van der Waals surface area contributed by atoms with Crippen molar-refractivity contribution in [2.75, 3.05) is 11.9 Å². The number of carbonyl (C=O) groups is 2. The molecule has 3 heterocycles. The number of aromatic nitrogens is 3. The molecule has 2 aromatic carbocycles. The summed E-state index contributed by atoms with van der Waals surface area (Å²) in [7, 11) is 0. The Morgan fingerprint density at radius 1 is 1.02 bits per heavy atom. The van der Waals surface area contributed by atoms with Crippen LogP contribution in [0.1, 0.15) is 55.2 Å². The lowest BCUT2D eigenvalue weighted by Gasteiger charge is -2.38. The van der Waals surface area contributed by atoms with Gasteiger partial charge >= 0.3 is 0 Å². The summed E-state index contributed by atoms with van der Waals surface area (Å²) in [6, 6.07) is 16.3. The molecule has 4 N–H and O–H groups in total. The smallest absolute Gasteiger partial charge is 0.255 e. The topological polar surface area (TPSA) is 133 Å². The van der Waals surface area contributed by atoms with Crippen LogP contribution in [0, 0.1) is 0 Å². The van der Waals surface area contributed by atoms with Crippen LogP contribution in [0.3, 0.4) is 0 Å². The average Bonchev–Trinajstić information content (AvgIpc) is 3.68. The maximum absolute atomic E-state index is 13.6. The van der Waals surface area contributed by atoms with Gasteiger partial charge in [-0.05, 0) is 62.1 Å². The molecular formula is C30H34N6O4S. The number of anilines is 1. The van der Waals surface area contributed by atoms with Gasteiger partial charge < -0.3 is 25.7 Å². The normalized spacial score (nSPS) is 17.0. The molecule has 5 rings (SSSR count). The molecule has 0 saturated heterocycles. The first-order valence-corrected chi connectivity index (χ1v) is 14.5. The minimum absolute atomic E-state index is 0.192. The third-order valence-electron chi connectivity index (χ3n) is 7.12. The largest absolute Gasteiger partial charge is 0.380 e. The number of aliphatic hydroxyl groups excluding tert-OH is 2.